The van der Waals surface area contributed by atoms with E-state index in [4.69, 9.17) is 4.18 Å². The third-order valence-corrected chi connectivity index (χ3v) is 4.17. The summed E-state index contributed by atoms with van der Waals surface area (Å²) in [7, 11) is 0. The van der Waals surface area contributed by atoms with Gasteiger partial charge in [-0.3, -0.25) is 4.18 Å². The smallest absolute Gasteiger partial charge is 0.155 e. The van der Waals surface area contributed by atoms with Gasteiger partial charge in [-0.25, -0.2) is 4.21 Å². The van der Waals surface area contributed by atoms with Crippen molar-refractivity contribution in [3.05, 3.63) is 35.4 Å². The predicted octanol–water partition coefficient (Wildman–Crippen LogP) is 2.41. The van der Waals surface area contributed by atoms with Gasteiger partial charge in [0.1, 0.15) is 0 Å². The molecule has 0 saturated carbocycles. The van der Waals surface area contributed by atoms with Crippen LogP contribution in [-0.2, 0) is 15.3 Å². The first-order valence-electron chi connectivity index (χ1n) is 5.25. The van der Waals surface area contributed by atoms with Crippen LogP contribution < -0.4 is 0 Å². The second-order valence-electron chi connectivity index (χ2n) is 4.21. The Morgan fingerprint density at radius 1 is 1.40 bits per heavy atom. The molecule has 1 aromatic rings. The summed E-state index contributed by atoms with van der Waals surface area (Å²) in [5.74, 6) is 1.50. The summed E-state index contributed by atoms with van der Waals surface area (Å²) in [5.41, 5.74) is 2.59. The topological polar surface area (TPSA) is 26.3 Å². The van der Waals surface area contributed by atoms with Gasteiger partial charge in [0.25, 0.3) is 0 Å². The monoisotopic (exact) mass is 224 g/mol. The molecular formula is C12H16O2S. The van der Waals surface area contributed by atoms with Crippen LogP contribution in [0.25, 0.3) is 0 Å². The van der Waals surface area contributed by atoms with Crippen LogP contribution >= 0.6 is 0 Å². The minimum atomic E-state index is -1.05. The lowest BCUT2D eigenvalue weighted by Crippen LogP contribution is -2.13. The average Bonchev–Trinajstić information content (AvgIpc) is 2.65. The largest absolute Gasteiger partial charge is 0.290 e. The van der Waals surface area contributed by atoms with E-state index < -0.39 is 11.1 Å². The van der Waals surface area contributed by atoms with Gasteiger partial charge in [0.05, 0.1) is 12.4 Å². The molecule has 0 amide bonds. The molecule has 0 radical (unpaired) electrons. The Hall–Kier alpha value is -0.670. The maximum atomic E-state index is 11.1. The van der Waals surface area contributed by atoms with E-state index in [2.05, 4.69) is 38.1 Å². The summed E-state index contributed by atoms with van der Waals surface area (Å²) in [4.78, 5) is 0. The zero-order valence-electron chi connectivity index (χ0n) is 9.10. The van der Waals surface area contributed by atoms with E-state index in [0.29, 0.717) is 24.2 Å². The van der Waals surface area contributed by atoms with Gasteiger partial charge >= 0.3 is 0 Å². The van der Waals surface area contributed by atoms with Crippen molar-refractivity contribution in [3.63, 3.8) is 0 Å². The molecular weight excluding hydrogens is 208 g/mol. The standard InChI is InChI=1S/C12H16O2S/c1-9-3-5-11(6-4-9)10(2)12-7-14-15(13)8-12/h3-6,10,12H,7-8H2,1-2H3/t10-,12-,15?/m0/s1. The van der Waals surface area contributed by atoms with E-state index in [0.717, 1.165) is 0 Å². The Morgan fingerprint density at radius 2 is 2.07 bits per heavy atom. The van der Waals surface area contributed by atoms with Crippen molar-refractivity contribution >= 4 is 11.1 Å². The van der Waals surface area contributed by atoms with Crippen LogP contribution in [0, 0.1) is 12.8 Å². The highest BCUT2D eigenvalue weighted by atomic mass is 32.2. The Labute approximate surface area is 93.3 Å². The van der Waals surface area contributed by atoms with Crippen LogP contribution in [0.1, 0.15) is 24.0 Å². The highest BCUT2D eigenvalue weighted by Gasteiger charge is 2.28. The minimum Gasteiger partial charge on any atom is -0.290 e. The predicted molar refractivity (Wildman–Crippen MR) is 62.0 cm³/mol. The maximum absolute atomic E-state index is 11.1. The van der Waals surface area contributed by atoms with Gasteiger partial charge in [0.2, 0.25) is 0 Å². The fourth-order valence-electron chi connectivity index (χ4n) is 1.87. The molecule has 1 aliphatic heterocycles. The summed E-state index contributed by atoms with van der Waals surface area (Å²) in [6.45, 7) is 4.89. The Balaban J connectivity index is 2.10. The fraction of sp³-hybridized carbons (Fsp3) is 0.500. The van der Waals surface area contributed by atoms with E-state index in [1.165, 1.54) is 11.1 Å². The molecule has 2 nitrogen and oxygen atoms in total. The van der Waals surface area contributed by atoms with Crippen molar-refractivity contribution in [1.82, 2.24) is 0 Å². The molecule has 3 heteroatoms. The molecule has 15 heavy (non-hydrogen) atoms. The van der Waals surface area contributed by atoms with E-state index in [1.54, 1.807) is 0 Å². The van der Waals surface area contributed by atoms with Crippen molar-refractivity contribution < 1.29 is 8.39 Å². The number of aryl methyl sites for hydroxylation is 1. The molecule has 1 unspecified atom stereocenters. The van der Waals surface area contributed by atoms with Crippen LogP contribution in [0.4, 0.5) is 0 Å². The Kier molecular flexibility index (Phi) is 3.22. The SMILES string of the molecule is Cc1ccc([C@H](C)[C@H]2COS(=O)C2)cc1. The zero-order chi connectivity index (χ0) is 10.8. The molecule has 1 aliphatic rings. The van der Waals surface area contributed by atoms with E-state index in [1.807, 2.05) is 0 Å². The molecule has 0 spiro atoms. The molecule has 82 valence electrons. The average molecular weight is 224 g/mol. The molecule has 1 heterocycles. The molecule has 3 atom stereocenters. The highest BCUT2D eigenvalue weighted by molar-refractivity contribution is 7.80. The summed E-state index contributed by atoms with van der Waals surface area (Å²) >= 11 is -1.05. The van der Waals surface area contributed by atoms with Gasteiger partial charge in [-0.15, -0.1) is 0 Å². The fourth-order valence-corrected chi connectivity index (χ4v) is 3.02. The molecule has 0 N–H and O–H groups in total. The Morgan fingerprint density at radius 3 is 2.60 bits per heavy atom. The molecule has 0 bridgehead atoms. The second-order valence-corrected chi connectivity index (χ2v) is 5.39. The summed E-state index contributed by atoms with van der Waals surface area (Å²) in [5, 5.41) is 0. The third-order valence-electron chi connectivity index (χ3n) is 3.07. The molecule has 0 aromatic heterocycles. The van der Waals surface area contributed by atoms with Crippen molar-refractivity contribution in [1.29, 1.82) is 0 Å². The summed E-state index contributed by atoms with van der Waals surface area (Å²) < 4.78 is 16.2. The first-order chi connectivity index (χ1) is 7.16. The lowest BCUT2D eigenvalue weighted by molar-refractivity contribution is 0.307. The van der Waals surface area contributed by atoms with Crippen LogP contribution in [0.3, 0.4) is 0 Å². The lowest BCUT2D eigenvalue weighted by Gasteiger charge is -2.16. The molecule has 1 aromatic carbocycles. The van der Waals surface area contributed by atoms with Gasteiger partial charge in [-0.1, -0.05) is 36.8 Å². The molecule has 1 saturated heterocycles. The van der Waals surface area contributed by atoms with Gasteiger partial charge in [-0.05, 0) is 18.4 Å². The van der Waals surface area contributed by atoms with E-state index in [-0.39, 0.29) is 0 Å². The first kappa shape index (κ1) is 10.8. The molecule has 2 rings (SSSR count). The summed E-state index contributed by atoms with van der Waals surface area (Å²) in [6.07, 6.45) is 0. The van der Waals surface area contributed by atoms with Crippen LogP contribution in [-0.4, -0.2) is 16.6 Å². The van der Waals surface area contributed by atoms with E-state index >= 15 is 0 Å². The van der Waals surface area contributed by atoms with Crippen molar-refractivity contribution in [2.75, 3.05) is 12.4 Å². The number of hydrogen-bond donors (Lipinski definition) is 0. The van der Waals surface area contributed by atoms with Gasteiger partial charge in [0, 0.05) is 5.92 Å². The van der Waals surface area contributed by atoms with Crippen LogP contribution in [0.15, 0.2) is 24.3 Å². The Bertz CT molecular complexity index is 358. The quantitative estimate of drug-likeness (QED) is 0.771. The van der Waals surface area contributed by atoms with Crippen molar-refractivity contribution in [2.45, 2.75) is 19.8 Å². The highest BCUT2D eigenvalue weighted by Crippen LogP contribution is 2.29. The van der Waals surface area contributed by atoms with Crippen LogP contribution in [0.2, 0.25) is 0 Å². The number of benzene rings is 1. The van der Waals surface area contributed by atoms with Crippen molar-refractivity contribution in [3.8, 4) is 0 Å². The molecule has 1 fully saturated rings. The third kappa shape index (κ3) is 2.47. The van der Waals surface area contributed by atoms with Crippen molar-refractivity contribution in [2.24, 2.45) is 5.92 Å². The minimum absolute atomic E-state index is 0.397. The van der Waals surface area contributed by atoms with E-state index in [9.17, 15) is 4.21 Å². The van der Waals surface area contributed by atoms with Gasteiger partial charge in [-0.2, -0.15) is 0 Å². The van der Waals surface area contributed by atoms with Gasteiger partial charge in [0.15, 0.2) is 11.1 Å². The number of rotatable bonds is 2. The van der Waals surface area contributed by atoms with Crippen LogP contribution in [0.5, 0.6) is 0 Å². The zero-order valence-corrected chi connectivity index (χ0v) is 9.92. The maximum Gasteiger partial charge on any atom is 0.155 e. The second kappa shape index (κ2) is 4.45. The van der Waals surface area contributed by atoms with Gasteiger partial charge < -0.3 is 0 Å². The lowest BCUT2D eigenvalue weighted by atomic mass is 9.89. The summed E-state index contributed by atoms with van der Waals surface area (Å²) in [6, 6.07) is 8.56. The molecule has 0 aliphatic carbocycles. The normalized spacial score (nSPS) is 27.9. The number of hydrogen-bond acceptors (Lipinski definition) is 2. The first-order valence-corrected chi connectivity index (χ1v) is 6.49.